The lowest BCUT2D eigenvalue weighted by atomic mass is 10.2. The van der Waals surface area contributed by atoms with Crippen LogP contribution in [0.15, 0.2) is 24.3 Å². The van der Waals surface area contributed by atoms with E-state index in [0.29, 0.717) is 13.1 Å². The lowest BCUT2D eigenvalue weighted by molar-refractivity contribution is 0.121. The molecule has 5 heteroatoms. The van der Waals surface area contributed by atoms with Crippen molar-refractivity contribution in [3.63, 3.8) is 0 Å². The van der Waals surface area contributed by atoms with E-state index >= 15 is 0 Å². The van der Waals surface area contributed by atoms with E-state index in [1.165, 1.54) is 18.5 Å². The smallest absolute Gasteiger partial charge is 0.409 e. The van der Waals surface area contributed by atoms with Gasteiger partial charge in [-0.1, -0.05) is 0 Å². The van der Waals surface area contributed by atoms with Gasteiger partial charge in [0.15, 0.2) is 0 Å². The predicted octanol–water partition coefficient (Wildman–Crippen LogP) is 2.42. The minimum absolute atomic E-state index is 0.230. The van der Waals surface area contributed by atoms with E-state index in [4.69, 9.17) is 4.74 Å². The molecule has 0 N–H and O–H groups in total. The molecule has 5 nitrogen and oxygen atoms in total. The summed E-state index contributed by atoms with van der Waals surface area (Å²) in [6, 6.07) is 8.69. The zero-order valence-electron chi connectivity index (χ0n) is 13.2. The molecule has 0 unspecified atom stereocenters. The van der Waals surface area contributed by atoms with E-state index in [0.717, 1.165) is 26.2 Å². The van der Waals surface area contributed by atoms with Crippen LogP contribution in [0.4, 0.5) is 16.2 Å². The summed E-state index contributed by atoms with van der Waals surface area (Å²) >= 11 is 0. The quantitative estimate of drug-likeness (QED) is 0.853. The van der Waals surface area contributed by atoms with Gasteiger partial charge in [-0.25, -0.2) is 4.79 Å². The number of carbonyl (C=O) groups is 1. The Bertz CT molecular complexity index is 449. The van der Waals surface area contributed by atoms with Crippen molar-refractivity contribution in [2.45, 2.75) is 13.8 Å². The molecule has 0 atom stereocenters. The van der Waals surface area contributed by atoms with Crippen molar-refractivity contribution in [3.8, 4) is 0 Å². The summed E-state index contributed by atoms with van der Waals surface area (Å²) in [5, 5.41) is 0. The second kappa shape index (κ2) is 7.20. The molecule has 1 amide bonds. The SMILES string of the molecule is CCN(CC)c1ccc(N2CCN(C(=O)OC)CC2)cc1. The van der Waals surface area contributed by atoms with Crippen LogP contribution in [-0.4, -0.2) is 57.4 Å². The number of hydrogen-bond acceptors (Lipinski definition) is 4. The Labute approximate surface area is 127 Å². The maximum atomic E-state index is 11.5. The van der Waals surface area contributed by atoms with Crippen LogP contribution < -0.4 is 9.80 Å². The largest absolute Gasteiger partial charge is 0.453 e. The summed E-state index contributed by atoms with van der Waals surface area (Å²) in [6.45, 7) is 9.50. The summed E-state index contributed by atoms with van der Waals surface area (Å²) in [7, 11) is 1.43. The van der Waals surface area contributed by atoms with Gasteiger partial charge in [0.05, 0.1) is 7.11 Å². The Morgan fingerprint density at radius 3 is 2.14 bits per heavy atom. The van der Waals surface area contributed by atoms with Gasteiger partial charge in [-0.3, -0.25) is 0 Å². The van der Waals surface area contributed by atoms with E-state index < -0.39 is 0 Å². The average Bonchev–Trinajstić information content (AvgIpc) is 2.56. The minimum atomic E-state index is -0.230. The maximum Gasteiger partial charge on any atom is 0.409 e. The molecule has 1 aliphatic rings. The average molecular weight is 291 g/mol. The van der Waals surface area contributed by atoms with Crippen molar-refractivity contribution in [3.05, 3.63) is 24.3 Å². The topological polar surface area (TPSA) is 36.0 Å². The molecule has 1 aliphatic heterocycles. The standard InChI is InChI=1S/C16H25N3O2/c1-4-17(5-2)14-6-8-15(9-7-14)18-10-12-19(13-11-18)16(20)21-3/h6-9H,4-5,10-13H2,1-3H3. The first kappa shape index (κ1) is 15.5. The van der Waals surface area contributed by atoms with Crippen LogP contribution in [0.2, 0.25) is 0 Å². The number of hydrogen-bond donors (Lipinski definition) is 0. The van der Waals surface area contributed by atoms with Gasteiger partial charge in [0.25, 0.3) is 0 Å². The highest BCUT2D eigenvalue weighted by Crippen LogP contribution is 2.22. The van der Waals surface area contributed by atoms with E-state index in [1.807, 2.05) is 0 Å². The number of amides is 1. The molecule has 1 fully saturated rings. The van der Waals surface area contributed by atoms with E-state index in [2.05, 4.69) is 47.9 Å². The van der Waals surface area contributed by atoms with Gasteiger partial charge in [-0.2, -0.15) is 0 Å². The van der Waals surface area contributed by atoms with Crippen molar-refractivity contribution >= 4 is 17.5 Å². The van der Waals surface area contributed by atoms with Gasteiger partial charge in [-0.05, 0) is 38.1 Å². The summed E-state index contributed by atoms with van der Waals surface area (Å²) in [4.78, 5) is 17.9. The lowest BCUT2D eigenvalue weighted by Crippen LogP contribution is -2.48. The van der Waals surface area contributed by atoms with E-state index in [1.54, 1.807) is 4.90 Å². The highest BCUT2D eigenvalue weighted by atomic mass is 16.5. The highest BCUT2D eigenvalue weighted by Gasteiger charge is 2.21. The molecule has 1 aromatic rings. The number of nitrogens with zero attached hydrogens (tertiary/aromatic N) is 3. The number of benzene rings is 1. The number of rotatable bonds is 4. The van der Waals surface area contributed by atoms with Crippen molar-refractivity contribution in [1.29, 1.82) is 0 Å². The Hall–Kier alpha value is -1.91. The second-order valence-electron chi connectivity index (χ2n) is 5.13. The van der Waals surface area contributed by atoms with Gasteiger partial charge in [0.2, 0.25) is 0 Å². The zero-order valence-corrected chi connectivity index (χ0v) is 13.2. The number of ether oxygens (including phenoxy) is 1. The van der Waals surface area contributed by atoms with Crippen molar-refractivity contribution in [2.75, 3.05) is 56.2 Å². The number of carbonyl (C=O) groups excluding carboxylic acids is 1. The molecular formula is C16H25N3O2. The van der Waals surface area contributed by atoms with Crippen LogP contribution in [-0.2, 0) is 4.74 Å². The van der Waals surface area contributed by atoms with Crippen LogP contribution in [0.5, 0.6) is 0 Å². The molecule has 0 bridgehead atoms. The molecule has 1 aromatic carbocycles. The highest BCUT2D eigenvalue weighted by molar-refractivity contribution is 5.68. The fraction of sp³-hybridized carbons (Fsp3) is 0.562. The van der Waals surface area contributed by atoms with Crippen molar-refractivity contribution in [2.24, 2.45) is 0 Å². The van der Waals surface area contributed by atoms with Crippen molar-refractivity contribution in [1.82, 2.24) is 4.90 Å². The number of anilines is 2. The Morgan fingerprint density at radius 2 is 1.67 bits per heavy atom. The normalized spacial score (nSPS) is 15.0. The molecule has 0 spiro atoms. The van der Waals surface area contributed by atoms with Crippen LogP contribution in [0, 0.1) is 0 Å². The van der Waals surface area contributed by atoms with Gasteiger partial charge in [0, 0.05) is 50.6 Å². The molecule has 0 aliphatic carbocycles. The third-order valence-electron chi connectivity index (χ3n) is 4.06. The number of piperazine rings is 1. The molecule has 2 rings (SSSR count). The molecule has 0 radical (unpaired) electrons. The van der Waals surface area contributed by atoms with E-state index in [9.17, 15) is 4.79 Å². The molecule has 1 heterocycles. The van der Waals surface area contributed by atoms with Crippen LogP contribution in [0.1, 0.15) is 13.8 Å². The molecule has 116 valence electrons. The predicted molar refractivity (Wildman–Crippen MR) is 86.2 cm³/mol. The third-order valence-corrected chi connectivity index (χ3v) is 4.06. The molecule has 1 saturated heterocycles. The van der Waals surface area contributed by atoms with Gasteiger partial charge in [0.1, 0.15) is 0 Å². The monoisotopic (exact) mass is 291 g/mol. The third kappa shape index (κ3) is 3.60. The summed E-state index contributed by atoms with van der Waals surface area (Å²) in [6.07, 6.45) is -0.230. The first-order chi connectivity index (χ1) is 10.2. The maximum absolute atomic E-state index is 11.5. The number of methoxy groups -OCH3 is 1. The Balaban J connectivity index is 1.96. The van der Waals surface area contributed by atoms with Gasteiger partial charge < -0.3 is 19.4 Å². The second-order valence-corrected chi connectivity index (χ2v) is 5.13. The summed E-state index contributed by atoms with van der Waals surface area (Å²) in [5.74, 6) is 0. The van der Waals surface area contributed by atoms with Gasteiger partial charge in [-0.15, -0.1) is 0 Å². The van der Waals surface area contributed by atoms with Crippen LogP contribution in [0.25, 0.3) is 0 Å². The van der Waals surface area contributed by atoms with Gasteiger partial charge >= 0.3 is 6.09 Å². The summed E-state index contributed by atoms with van der Waals surface area (Å²) < 4.78 is 4.76. The molecule has 0 saturated carbocycles. The van der Waals surface area contributed by atoms with Crippen molar-refractivity contribution < 1.29 is 9.53 Å². The minimum Gasteiger partial charge on any atom is -0.453 e. The van der Waals surface area contributed by atoms with Crippen LogP contribution >= 0.6 is 0 Å². The molecule has 0 aromatic heterocycles. The van der Waals surface area contributed by atoms with E-state index in [-0.39, 0.29) is 6.09 Å². The molecule has 21 heavy (non-hydrogen) atoms. The Kier molecular flexibility index (Phi) is 5.31. The first-order valence-corrected chi connectivity index (χ1v) is 7.62. The van der Waals surface area contributed by atoms with Crippen LogP contribution in [0.3, 0.4) is 0 Å². The fourth-order valence-corrected chi connectivity index (χ4v) is 2.74. The zero-order chi connectivity index (χ0) is 15.2. The Morgan fingerprint density at radius 1 is 1.10 bits per heavy atom. The fourth-order valence-electron chi connectivity index (χ4n) is 2.74. The lowest BCUT2D eigenvalue weighted by Gasteiger charge is -2.35. The summed E-state index contributed by atoms with van der Waals surface area (Å²) in [5.41, 5.74) is 2.48. The molecular weight excluding hydrogens is 266 g/mol. The first-order valence-electron chi connectivity index (χ1n) is 7.62.